The second-order valence-electron chi connectivity index (χ2n) is 8.27. The van der Waals surface area contributed by atoms with Gasteiger partial charge in [-0.2, -0.15) is 0 Å². The van der Waals surface area contributed by atoms with Crippen LogP contribution in [0.25, 0.3) is 31.8 Å². The summed E-state index contributed by atoms with van der Waals surface area (Å²) >= 11 is 1.79. The average molecular weight is 429 g/mol. The highest BCUT2D eigenvalue weighted by molar-refractivity contribution is 7.19. The maximum Gasteiger partial charge on any atom is 0.123 e. The molecule has 1 unspecified atom stereocenters. The summed E-state index contributed by atoms with van der Waals surface area (Å²) in [5.41, 5.74) is 2.28. The van der Waals surface area contributed by atoms with E-state index in [4.69, 9.17) is 4.98 Å². The summed E-state index contributed by atoms with van der Waals surface area (Å²) < 4.78 is 15.2. The minimum atomic E-state index is -0.230. The number of benzene rings is 2. The van der Waals surface area contributed by atoms with Gasteiger partial charge in [-0.3, -0.25) is 14.9 Å². The van der Waals surface area contributed by atoms with Crippen LogP contribution in [0, 0.1) is 5.82 Å². The lowest BCUT2D eigenvalue weighted by Gasteiger charge is -2.31. The predicted octanol–water partition coefficient (Wildman–Crippen LogP) is 5.91. The Morgan fingerprint density at radius 2 is 1.84 bits per heavy atom. The zero-order valence-corrected chi connectivity index (χ0v) is 17.8. The number of aromatic nitrogens is 3. The number of halogens is 1. The SMILES string of the molecule is Fc1ccc2c(c1)c1cnccc1c1sc(C3CCCN(Cc4ccncc4)C3)nc21. The van der Waals surface area contributed by atoms with Gasteiger partial charge in [-0.25, -0.2) is 9.37 Å². The van der Waals surface area contributed by atoms with Gasteiger partial charge in [0, 0.05) is 60.0 Å². The maximum absolute atomic E-state index is 14.0. The summed E-state index contributed by atoms with van der Waals surface area (Å²) in [6.45, 7) is 3.06. The van der Waals surface area contributed by atoms with Crippen LogP contribution in [0.3, 0.4) is 0 Å². The number of rotatable bonds is 3. The molecule has 6 heteroatoms. The summed E-state index contributed by atoms with van der Waals surface area (Å²) in [5, 5.41) is 5.17. The molecule has 0 N–H and O–H groups in total. The molecule has 0 saturated carbocycles. The van der Waals surface area contributed by atoms with Crippen LogP contribution < -0.4 is 0 Å². The monoisotopic (exact) mass is 428 g/mol. The average Bonchev–Trinajstić information content (AvgIpc) is 3.26. The van der Waals surface area contributed by atoms with Gasteiger partial charge in [0.2, 0.25) is 0 Å². The summed E-state index contributed by atoms with van der Waals surface area (Å²) in [7, 11) is 0. The second kappa shape index (κ2) is 7.62. The number of piperidine rings is 1. The minimum absolute atomic E-state index is 0.230. The van der Waals surface area contributed by atoms with Crippen LogP contribution in [0.1, 0.15) is 29.3 Å². The standard InChI is InChI=1S/C25H21FN4S/c26-18-3-4-19-21(12-18)22-13-28-10-7-20(22)24-23(19)29-25(31-24)17-2-1-11-30(15-17)14-16-5-8-27-9-6-16/h3-10,12-13,17H,1-2,11,14-15H2. The molecule has 1 aliphatic heterocycles. The first kappa shape index (κ1) is 18.8. The first-order valence-corrected chi connectivity index (χ1v) is 11.4. The summed E-state index contributed by atoms with van der Waals surface area (Å²) in [5.74, 6) is 0.187. The smallest absolute Gasteiger partial charge is 0.123 e. The van der Waals surface area contributed by atoms with Gasteiger partial charge in [-0.15, -0.1) is 11.3 Å². The fraction of sp³-hybridized carbons (Fsp3) is 0.240. The maximum atomic E-state index is 14.0. The summed E-state index contributed by atoms with van der Waals surface area (Å²) in [6.07, 6.45) is 9.69. The van der Waals surface area contributed by atoms with Gasteiger partial charge in [-0.1, -0.05) is 0 Å². The van der Waals surface area contributed by atoms with Crippen LogP contribution in [-0.4, -0.2) is 32.9 Å². The van der Waals surface area contributed by atoms with Gasteiger partial charge in [0.15, 0.2) is 0 Å². The molecule has 3 aromatic heterocycles. The first-order chi connectivity index (χ1) is 15.3. The van der Waals surface area contributed by atoms with Crippen LogP contribution in [0.15, 0.2) is 61.2 Å². The van der Waals surface area contributed by atoms with Crippen molar-refractivity contribution in [3.05, 3.63) is 77.6 Å². The number of hydrogen-bond acceptors (Lipinski definition) is 5. The molecule has 0 bridgehead atoms. The fourth-order valence-electron chi connectivity index (χ4n) is 4.78. The van der Waals surface area contributed by atoms with E-state index in [9.17, 15) is 4.39 Å². The van der Waals surface area contributed by atoms with Crippen molar-refractivity contribution in [1.29, 1.82) is 0 Å². The number of thiazole rings is 1. The van der Waals surface area contributed by atoms with E-state index in [2.05, 4.69) is 27.0 Å². The minimum Gasteiger partial charge on any atom is -0.298 e. The van der Waals surface area contributed by atoms with Gasteiger partial charge in [0.1, 0.15) is 5.82 Å². The number of pyridine rings is 2. The molecule has 31 heavy (non-hydrogen) atoms. The second-order valence-corrected chi connectivity index (χ2v) is 9.30. The fourth-order valence-corrected chi connectivity index (χ4v) is 6.02. The predicted molar refractivity (Wildman–Crippen MR) is 124 cm³/mol. The highest BCUT2D eigenvalue weighted by Gasteiger charge is 2.25. The lowest BCUT2D eigenvalue weighted by atomic mass is 9.98. The van der Waals surface area contributed by atoms with E-state index in [1.807, 2.05) is 36.9 Å². The van der Waals surface area contributed by atoms with Crippen molar-refractivity contribution >= 4 is 43.1 Å². The molecule has 1 fully saturated rings. The number of hydrogen-bond donors (Lipinski definition) is 0. The highest BCUT2D eigenvalue weighted by atomic mass is 32.1. The Kier molecular flexibility index (Phi) is 4.62. The summed E-state index contributed by atoms with van der Waals surface area (Å²) in [4.78, 5) is 16.1. The number of nitrogens with zero attached hydrogens (tertiary/aromatic N) is 4. The Morgan fingerprint density at radius 1 is 0.968 bits per heavy atom. The molecule has 5 aromatic rings. The van der Waals surface area contributed by atoms with Gasteiger partial charge in [0.25, 0.3) is 0 Å². The van der Waals surface area contributed by atoms with E-state index in [-0.39, 0.29) is 5.82 Å². The van der Waals surface area contributed by atoms with Gasteiger partial charge in [-0.05, 0) is 66.7 Å². The molecule has 2 aromatic carbocycles. The van der Waals surface area contributed by atoms with Crippen molar-refractivity contribution < 1.29 is 4.39 Å². The molecular formula is C25H21FN4S. The third-order valence-corrected chi connectivity index (χ3v) is 7.50. The highest BCUT2D eigenvalue weighted by Crippen LogP contribution is 2.41. The molecule has 1 aliphatic rings. The van der Waals surface area contributed by atoms with Crippen molar-refractivity contribution in [2.75, 3.05) is 13.1 Å². The van der Waals surface area contributed by atoms with Crippen LogP contribution >= 0.6 is 11.3 Å². The van der Waals surface area contributed by atoms with E-state index in [0.29, 0.717) is 5.92 Å². The van der Waals surface area contributed by atoms with Gasteiger partial charge < -0.3 is 0 Å². The Balaban J connectivity index is 1.42. The summed E-state index contributed by atoms with van der Waals surface area (Å²) in [6, 6.07) is 11.2. The van der Waals surface area contributed by atoms with E-state index >= 15 is 0 Å². The van der Waals surface area contributed by atoms with Crippen molar-refractivity contribution in [1.82, 2.24) is 19.9 Å². The van der Waals surface area contributed by atoms with Crippen LogP contribution in [0.5, 0.6) is 0 Å². The zero-order chi connectivity index (χ0) is 20.8. The Labute approximate surface area is 183 Å². The Hall–Kier alpha value is -2.96. The lowest BCUT2D eigenvalue weighted by molar-refractivity contribution is 0.200. The Morgan fingerprint density at radius 3 is 2.74 bits per heavy atom. The third kappa shape index (κ3) is 3.36. The van der Waals surface area contributed by atoms with Gasteiger partial charge in [0.05, 0.1) is 15.2 Å². The molecule has 154 valence electrons. The molecule has 0 aliphatic carbocycles. The normalized spacial score (nSPS) is 17.6. The first-order valence-electron chi connectivity index (χ1n) is 10.6. The van der Waals surface area contributed by atoms with E-state index in [1.54, 1.807) is 17.4 Å². The molecule has 0 spiro atoms. The van der Waals surface area contributed by atoms with Crippen LogP contribution in [-0.2, 0) is 6.54 Å². The molecule has 0 amide bonds. The van der Waals surface area contributed by atoms with Crippen molar-refractivity contribution in [2.24, 2.45) is 0 Å². The van der Waals surface area contributed by atoms with E-state index < -0.39 is 0 Å². The topological polar surface area (TPSA) is 41.9 Å². The molecule has 0 radical (unpaired) electrons. The van der Waals surface area contributed by atoms with E-state index in [0.717, 1.165) is 53.1 Å². The largest absolute Gasteiger partial charge is 0.298 e. The van der Waals surface area contributed by atoms with Crippen LogP contribution in [0.2, 0.25) is 0 Å². The molecule has 1 atom stereocenters. The van der Waals surface area contributed by atoms with Gasteiger partial charge >= 0.3 is 0 Å². The Bertz CT molecular complexity index is 1400. The zero-order valence-electron chi connectivity index (χ0n) is 17.0. The molecule has 4 heterocycles. The molecular weight excluding hydrogens is 407 g/mol. The van der Waals surface area contributed by atoms with Crippen molar-refractivity contribution in [3.63, 3.8) is 0 Å². The quantitative estimate of drug-likeness (QED) is 0.335. The number of likely N-dealkylation sites (tertiary alicyclic amines) is 1. The molecule has 1 saturated heterocycles. The molecule has 6 rings (SSSR count). The lowest BCUT2D eigenvalue weighted by Crippen LogP contribution is -2.33. The van der Waals surface area contributed by atoms with Crippen LogP contribution in [0.4, 0.5) is 4.39 Å². The molecule has 4 nitrogen and oxygen atoms in total. The third-order valence-electron chi connectivity index (χ3n) is 6.25. The van der Waals surface area contributed by atoms with E-state index in [1.165, 1.54) is 27.8 Å². The van der Waals surface area contributed by atoms with Crippen molar-refractivity contribution in [2.45, 2.75) is 25.3 Å². The van der Waals surface area contributed by atoms with Crippen molar-refractivity contribution in [3.8, 4) is 0 Å². The number of fused-ring (bicyclic) bond motifs is 6.